The average molecular weight is 347 g/mol. The normalized spacial score (nSPS) is 29.4. The number of hydrogen-bond donors (Lipinski definition) is 1. The van der Waals surface area contributed by atoms with Gasteiger partial charge in [0.05, 0.1) is 6.04 Å². The predicted molar refractivity (Wildman–Crippen MR) is 98.8 cm³/mol. The maximum absolute atomic E-state index is 12.7. The van der Waals surface area contributed by atoms with Crippen molar-refractivity contribution in [3.05, 3.63) is 0 Å². The molecule has 2 aliphatic heterocycles. The average Bonchev–Trinajstić information content (AvgIpc) is 3.13. The van der Waals surface area contributed by atoms with E-state index in [-0.39, 0.29) is 12.1 Å². The van der Waals surface area contributed by atoms with Crippen molar-refractivity contribution in [1.29, 1.82) is 5.26 Å². The molecule has 2 amide bonds. The number of nitrogens with zero attached hydrogens (tertiary/aromatic N) is 3. The third kappa shape index (κ3) is 5.26. The summed E-state index contributed by atoms with van der Waals surface area (Å²) in [5, 5.41) is 12.1. The number of rotatable bonds is 2. The number of carbonyl (C=O) groups excluding carboxylic acids is 1. The zero-order valence-electron chi connectivity index (χ0n) is 15.6. The Kier molecular flexibility index (Phi) is 6.84. The Balaban J connectivity index is 1.49. The molecule has 5 nitrogen and oxygen atoms in total. The van der Waals surface area contributed by atoms with Crippen LogP contribution in [0.2, 0.25) is 0 Å². The largest absolute Gasteiger partial charge is 0.333 e. The van der Waals surface area contributed by atoms with Crippen LogP contribution in [0, 0.1) is 23.3 Å². The van der Waals surface area contributed by atoms with Crippen LogP contribution in [0.15, 0.2) is 0 Å². The molecule has 1 saturated carbocycles. The van der Waals surface area contributed by atoms with Crippen molar-refractivity contribution < 1.29 is 4.79 Å². The van der Waals surface area contributed by atoms with Gasteiger partial charge in [0.1, 0.15) is 0 Å². The Labute approximate surface area is 152 Å². The van der Waals surface area contributed by atoms with Crippen LogP contribution in [0.3, 0.4) is 0 Å². The van der Waals surface area contributed by atoms with Gasteiger partial charge >= 0.3 is 6.03 Å². The number of nitrogens with one attached hydrogen (secondary N) is 1. The molecule has 1 N–H and O–H groups in total. The summed E-state index contributed by atoms with van der Waals surface area (Å²) in [4.78, 5) is 16.5. The molecule has 140 valence electrons. The first-order valence-electron chi connectivity index (χ1n) is 10.5. The molecule has 1 aliphatic carbocycles. The first-order chi connectivity index (χ1) is 12.3. The molecule has 2 saturated heterocycles. The molecule has 0 spiro atoms. The highest BCUT2D eigenvalue weighted by Gasteiger charge is 2.31. The second-order valence-electron chi connectivity index (χ2n) is 8.29. The molecular formula is C20H34N4O. The van der Waals surface area contributed by atoms with Crippen LogP contribution in [0.4, 0.5) is 4.79 Å². The highest BCUT2D eigenvalue weighted by molar-refractivity contribution is 5.74. The summed E-state index contributed by atoms with van der Waals surface area (Å²) < 4.78 is 0. The molecule has 2 atom stereocenters. The Morgan fingerprint density at radius 1 is 0.840 bits per heavy atom. The van der Waals surface area contributed by atoms with Crippen LogP contribution in [0.5, 0.6) is 0 Å². The SMILES string of the molecule is N#CN1CC[C@@H](NC(=O)N2CCCC(C3CCCCCCCC3)C2)C1. The highest BCUT2D eigenvalue weighted by Crippen LogP contribution is 2.33. The van der Waals surface area contributed by atoms with Gasteiger partial charge in [-0.15, -0.1) is 0 Å². The maximum atomic E-state index is 12.7. The number of nitriles is 1. The van der Waals surface area contributed by atoms with E-state index in [0.717, 1.165) is 38.4 Å². The van der Waals surface area contributed by atoms with Crippen LogP contribution >= 0.6 is 0 Å². The van der Waals surface area contributed by atoms with Gasteiger partial charge in [-0.05, 0) is 31.1 Å². The second kappa shape index (κ2) is 9.31. The topological polar surface area (TPSA) is 59.4 Å². The lowest BCUT2D eigenvalue weighted by Crippen LogP contribution is -2.50. The molecule has 0 aromatic heterocycles. The first kappa shape index (κ1) is 18.4. The summed E-state index contributed by atoms with van der Waals surface area (Å²) in [6.07, 6.45) is 16.6. The lowest BCUT2D eigenvalue weighted by Gasteiger charge is -2.37. The summed E-state index contributed by atoms with van der Waals surface area (Å²) in [5.74, 6) is 1.51. The van der Waals surface area contributed by atoms with Gasteiger partial charge in [-0.2, -0.15) is 5.26 Å². The fourth-order valence-electron chi connectivity index (χ4n) is 4.95. The summed E-state index contributed by atoms with van der Waals surface area (Å²) in [6.45, 7) is 3.27. The van der Waals surface area contributed by atoms with Crippen molar-refractivity contribution in [2.45, 2.75) is 76.7 Å². The van der Waals surface area contributed by atoms with E-state index in [1.165, 1.54) is 57.8 Å². The third-order valence-corrected chi connectivity index (χ3v) is 6.47. The van der Waals surface area contributed by atoms with Crippen molar-refractivity contribution >= 4 is 6.03 Å². The zero-order valence-corrected chi connectivity index (χ0v) is 15.6. The molecule has 5 heteroatoms. The number of carbonyl (C=O) groups is 1. The Hall–Kier alpha value is -1.44. The molecule has 3 fully saturated rings. The van der Waals surface area contributed by atoms with E-state index in [2.05, 4.69) is 16.4 Å². The van der Waals surface area contributed by atoms with Gasteiger partial charge in [0, 0.05) is 26.2 Å². The van der Waals surface area contributed by atoms with Crippen molar-refractivity contribution in [3.8, 4) is 6.19 Å². The minimum atomic E-state index is 0.0950. The molecule has 0 aromatic carbocycles. The number of urea groups is 1. The van der Waals surface area contributed by atoms with Gasteiger partial charge in [0.15, 0.2) is 6.19 Å². The molecular weight excluding hydrogens is 312 g/mol. The third-order valence-electron chi connectivity index (χ3n) is 6.47. The van der Waals surface area contributed by atoms with E-state index in [1.54, 1.807) is 4.90 Å². The molecule has 3 rings (SSSR count). The van der Waals surface area contributed by atoms with E-state index in [9.17, 15) is 4.79 Å². The highest BCUT2D eigenvalue weighted by atomic mass is 16.2. The molecule has 3 aliphatic rings. The maximum Gasteiger partial charge on any atom is 0.317 e. The van der Waals surface area contributed by atoms with E-state index in [1.807, 2.05) is 0 Å². The Morgan fingerprint density at radius 3 is 2.20 bits per heavy atom. The molecule has 1 unspecified atom stereocenters. The summed E-state index contributed by atoms with van der Waals surface area (Å²) >= 11 is 0. The van der Waals surface area contributed by atoms with E-state index < -0.39 is 0 Å². The second-order valence-corrected chi connectivity index (χ2v) is 8.29. The quantitative estimate of drug-likeness (QED) is 0.775. The van der Waals surface area contributed by atoms with Gasteiger partial charge < -0.3 is 15.1 Å². The lowest BCUT2D eigenvalue weighted by atomic mass is 9.80. The van der Waals surface area contributed by atoms with Crippen LogP contribution in [-0.2, 0) is 0 Å². The summed E-state index contributed by atoms with van der Waals surface area (Å²) in [7, 11) is 0. The monoisotopic (exact) mass is 346 g/mol. The molecule has 2 heterocycles. The van der Waals surface area contributed by atoms with Gasteiger partial charge in [-0.25, -0.2) is 4.79 Å². The smallest absolute Gasteiger partial charge is 0.317 e. The van der Waals surface area contributed by atoms with Crippen molar-refractivity contribution in [2.75, 3.05) is 26.2 Å². The number of amides is 2. The summed E-state index contributed by atoms with van der Waals surface area (Å²) in [5.41, 5.74) is 0. The lowest BCUT2D eigenvalue weighted by molar-refractivity contribution is 0.131. The minimum Gasteiger partial charge on any atom is -0.333 e. The zero-order chi connectivity index (χ0) is 17.5. The molecule has 0 bridgehead atoms. The number of hydrogen-bond acceptors (Lipinski definition) is 3. The van der Waals surface area contributed by atoms with Gasteiger partial charge in [0.2, 0.25) is 0 Å². The van der Waals surface area contributed by atoms with Crippen molar-refractivity contribution in [2.24, 2.45) is 11.8 Å². The van der Waals surface area contributed by atoms with E-state index >= 15 is 0 Å². The Morgan fingerprint density at radius 2 is 1.52 bits per heavy atom. The van der Waals surface area contributed by atoms with Crippen molar-refractivity contribution in [3.63, 3.8) is 0 Å². The minimum absolute atomic E-state index is 0.0950. The fourth-order valence-corrected chi connectivity index (χ4v) is 4.95. The molecule has 0 radical (unpaired) electrons. The number of likely N-dealkylation sites (tertiary alicyclic amines) is 2. The van der Waals surface area contributed by atoms with Crippen LogP contribution in [0.25, 0.3) is 0 Å². The van der Waals surface area contributed by atoms with E-state index in [4.69, 9.17) is 5.26 Å². The summed E-state index contributed by atoms with van der Waals surface area (Å²) in [6, 6.07) is 0.231. The number of piperidine rings is 1. The van der Waals surface area contributed by atoms with Crippen LogP contribution in [-0.4, -0.2) is 48.1 Å². The van der Waals surface area contributed by atoms with Gasteiger partial charge in [-0.3, -0.25) is 0 Å². The van der Waals surface area contributed by atoms with Crippen LogP contribution < -0.4 is 5.32 Å². The van der Waals surface area contributed by atoms with Crippen molar-refractivity contribution in [1.82, 2.24) is 15.1 Å². The molecule has 25 heavy (non-hydrogen) atoms. The fraction of sp³-hybridized carbons (Fsp3) is 0.900. The first-order valence-corrected chi connectivity index (χ1v) is 10.5. The standard InChI is InChI=1S/C20H34N4O/c21-16-23-13-11-19(15-23)22-20(25)24-12-7-10-18(14-24)17-8-5-3-1-2-4-6-9-17/h17-19H,1-15H2,(H,22,25)/t18?,19-/m1/s1. The molecule has 0 aromatic rings. The van der Waals surface area contributed by atoms with Gasteiger partial charge in [-0.1, -0.05) is 51.4 Å². The van der Waals surface area contributed by atoms with Crippen LogP contribution in [0.1, 0.15) is 70.6 Å². The van der Waals surface area contributed by atoms with E-state index in [0.29, 0.717) is 12.5 Å². The van der Waals surface area contributed by atoms with Gasteiger partial charge in [0.25, 0.3) is 0 Å². The Bertz CT molecular complexity index is 465. The predicted octanol–water partition coefficient (Wildman–Crippen LogP) is 3.71.